The van der Waals surface area contributed by atoms with Crippen LogP contribution in [0.25, 0.3) is 6.08 Å². The van der Waals surface area contributed by atoms with Crippen LogP contribution in [0.5, 0.6) is 0 Å². The highest BCUT2D eigenvalue weighted by molar-refractivity contribution is 9.13. The number of nitrogens with one attached hydrogen (secondary N) is 1. The van der Waals surface area contributed by atoms with Gasteiger partial charge in [0.25, 0.3) is 5.91 Å². The Morgan fingerprint density at radius 1 is 1.27 bits per heavy atom. The molecule has 22 heavy (non-hydrogen) atoms. The van der Waals surface area contributed by atoms with Crippen LogP contribution in [0.3, 0.4) is 0 Å². The SMILES string of the molecule is Cc1ccc(N=C2NC(=O)/C(=C/c3cc(Br)c(Br)o3)S2)cc1. The molecular weight excluding hydrogens is 432 g/mol. The first-order chi connectivity index (χ1) is 10.5. The van der Waals surface area contributed by atoms with Gasteiger partial charge in [-0.2, -0.15) is 0 Å². The molecule has 0 saturated carbocycles. The van der Waals surface area contributed by atoms with Gasteiger partial charge in [-0.05, 0) is 68.7 Å². The van der Waals surface area contributed by atoms with Crippen LogP contribution in [0.1, 0.15) is 11.3 Å². The van der Waals surface area contributed by atoms with Crippen molar-refractivity contribution in [3.8, 4) is 0 Å². The number of rotatable bonds is 2. The van der Waals surface area contributed by atoms with Crippen LogP contribution < -0.4 is 5.32 Å². The van der Waals surface area contributed by atoms with E-state index in [2.05, 4.69) is 42.2 Å². The molecule has 0 bridgehead atoms. The lowest BCUT2D eigenvalue weighted by Crippen LogP contribution is -2.19. The van der Waals surface area contributed by atoms with Crippen molar-refractivity contribution in [1.29, 1.82) is 0 Å². The molecule has 1 amide bonds. The van der Waals surface area contributed by atoms with Gasteiger partial charge in [0.05, 0.1) is 15.1 Å². The van der Waals surface area contributed by atoms with Gasteiger partial charge in [-0.3, -0.25) is 4.79 Å². The summed E-state index contributed by atoms with van der Waals surface area (Å²) in [5.74, 6) is 0.410. The lowest BCUT2D eigenvalue weighted by molar-refractivity contribution is -0.115. The third-order valence-corrected chi connectivity index (χ3v) is 5.47. The second kappa shape index (κ2) is 6.44. The van der Waals surface area contributed by atoms with Gasteiger partial charge in [-0.15, -0.1) is 0 Å². The van der Waals surface area contributed by atoms with E-state index in [1.165, 1.54) is 17.3 Å². The molecule has 1 saturated heterocycles. The number of benzene rings is 1. The third kappa shape index (κ3) is 3.53. The van der Waals surface area contributed by atoms with Crippen molar-refractivity contribution in [1.82, 2.24) is 5.32 Å². The number of hydrogen-bond acceptors (Lipinski definition) is 4. The fraction of sp³-hybridized carbons (Fsp3) is 0.0667. The van der Waals surface area contributed by atoms with Gasteiger partial charge >= 0.3 is 0 Å². The van der Waals surface area contributed by atoms with Crippen molar-refractivity contribution in [3.05, 3.63) is 55.7 Å². The molecule has 1 aliphatic rings. The summed E-state index contributed by atoms with van der Waals surface area (Å²) in [5, 5.41) is 3.31. The van der Waals surface area contributed by atoms with Crippen molar-refractivity contribution in [3.63, 3.8) is 0 Å². The monoisotopic (exact) mass is 440 g/mol. The molecule has 7 heteroatoms. The summed E-state index contributed by atoms with van der Waals surface area (Å²) >= 11 is 7.90. The normalized spacial score (nSPS) is 18.2. The zero-order chi connectivity index (χ0) is 15.7. The van der Waals surface area contributed by atoms with Gasteiger partial charge in [-0.1, -0.05) is 17.7 Å². The number of amides is 1. The molecular formula is C15H10Br2N2O2S. The molecule has 0 atom stereocenters. The summed E-state index contributed by atoms with van der Waals surface area (Å²) in [6, 6.07) is 9.58. The standard InChI is InChI=1S/C15H10Br2N2O2S/c1-8-2-4-9(5-3-8)18-15-19-14(20)12(22-15)7-10-6-11(16)13(17)21-10/h2-7H,1H3,(H,18,19,20)/b12-7-. The molecule has 2 heterocycles. The number of aliphatic imine (C=N–C) groups is 1. The molecule has 4 nitrogen and oxygen atoms in total. The second-order valence-corrected chi connectivity index (χ2v) is 7.19. The number of furan rings is 1. The van der Waals surface area contributed by atoms with E-state index in [0.29, 0.717) is 20.5 Å². The van der Waals surface area contributed by atoms with Crippen molar-refractivity contribution in [2.45, 2.75) is 6.92 Å². The van der Waals surface area contributed by atoms with Gasteiger partial charge in [0.2, 0.25) is 0 Å². The Morgan fingerprint density at radius 2 is 2.00 bits per heavy atom. The largest absolute Gasteiger partial charge is 0.449 e. The molecule has 1 aromatic heterocycles. The molecule has 0 spiro atoms. The lowest BCUT2D eigenvalue weighted by atomic mass is 10.2. The van der Waals surface area contributed by atoms with Crippen LogP contribution in [0.4, 0.5) is 5.69 Å². The zero-order valence-corrected chi connectivity index (χ0v) is 15.4. The van der Waals surface area contributed by atoms with Gasteiger partial charge in [0, 0.05) is 6.08 Å². The number of halogens is 2. The van der Waals surface area contributed by atoms with Gasteiger partial charge < -0.3 is 9.73 Å². The molecule has 0 aliphatic carbocycles. The maximum absolute atomic E-state index is 12.0. The summed E-state index contributed by atoms with van der Waals surface area (Å²) in [5.41, 5.74) is 1.97. The van der Waals surface area contributed by atoms with E-state index in [-0.39, 0.29) is 5.91 Å². The predicted molar refractivity (Wildman–Crippen MR) is 96.1 cm³/mol. The number of aryl methyl sites for hydroxylation is 1. The average molecular weight is 442 g/mol. The molecule has 3 rings (SSSR count). The van der Waals surface area contributed by atoms with Crippen LogP contribution in [-0.4, -0.2) is 11.1 Å². The Morgan fingerprint density at radius 3 is 2.64 bits per heavy atom. The summed E-state index contributed by atoms with van der Waals surface area (Å²) in [7, 11) is 0. The molecule has 0 radical (unpaired) electrons. The first-order valence-electron chi connectivity index (χ1n) is 6.32. The molecule has 112 valence electrons. The smallest absolute Gasteiger partial charge is 0.264 e. The van der Waals surface area contributed by atoms with E-state index >= 15 is 0 Å². The Balaban J connectivity index is 1.82. The van der Waals surface area contributed by atoms with Gasteiger partial charge in [-0.25, -0.2) is 4.99 Å². The number of hydrogen-bond donors (Lipinski definition) is 1. The molecule has 1 N–H and O–H groups in total. The molecule has 1 aromatic carbocycles. The Bertz CT molecular complexity index is 775. The minimum Gasteiger partial charge on any atom is -0.449 e. The van der Waals surface area contributed by atoms with Crippen molar-refractivity contribution in [2.75, 3.05) is 0 Å². The fourth-order valence-corrected chi connectivity index (χ4v) is 3.21. The maximum Gasteiger partial charge on any atom is 0.264 e. The molecule has 1 fully saturated rings. The Labute approximate surface area is 148 Å². The van der Waals surface area contributed by atoms with Crippen LogP contribution in [0.15, 0.2) is 53.8 Å². The maximum atomic E-state index is 12.0. The van der Waals surface area contributed by atoms with E-state index in [4.69, 9.17) is 4.42 Å². The van der Waals surface area contributed by atoms with E-state index < -0.39 is 0 Å². The van der Waals surface area contributed by atoms with Gasteiger partial charge in [0.15, 0.2) is 9.84 Å². The molecule has 1 aliphatic heterocycles. The topological polar surface area (TPSA) is 54.6 Å². The summed E-state index contributed by atoms with van der Waals surface area (Å²) in [4.78, 5) is 16.9. The highest BCUT2D eigenvalue weighted by Gasteiger charge is 2.24. The molecule has 2 aromatic rings. The number of carbonyl (C=O) groups is 1. The van der Waals surface area contributed by atoms with Crippen LogP contribution in [-0.2, 0) is 4.79 Å². The van der Waals surface area contributed by atoms with E-state index in [0.717, 1.165) is 10.2 Å². The first kappa shape index (κ1) is 15.6. The zero-order valence-electron chi connectivity index (χ0n) is 11.4. The fourth-order valence-electron chi connectivity index (χ4n) is 1.78. The van der Waals surface area contributed by atoms with E-state index in [9.17, 15) is 4.79 Å². The van der Waals surface area contributed by atoms with Crippen molar-refractivity contribution in [2.24, 2.45) is 4.99 Å². The number of thioether (sulfide) groups is 1. The second-order valence-electron chi connectivity index (χ2n) is 4.59. The van der Waals surface area contributed by atoms with Crippen LogP contribution in [0.2, 0.25) is 0 Å². The number of carbonyl (C=O) groups excluding carboxylic acids is 1. The highest BCUT2D eigenvalue weighted by Crippen LogP contribution is 2.32. The Hall–Kier alpha value is -1.31. The first-order valence-corrected chi connectivity index (χ1v) is 8.72. The predicted octanol–water partition coefficient (Wildman–Crippen LogP) is 5.00. The minimum absolute atomic E-state index is 0.181. The third-order valence-electron chi connectivity index (χ3n) is 2.85. The van der Waals surface area contributed by atoms with E-state index in [1.54, 1.807) is 12.1 Å². The number of nitrogens with zero attached hydrogens (tertiary/aromatic N) is 1. The summed E-state index contributed by atoms with van der Waals surface area (Å²) < 4.78 is 6.85. The van der Waals surface area contributed by atoms with Crippen LogP contribution in [0, 0.1) is 6.92 Å². The van der Waals surface area contributed by atoms with Crippen LogP contribution >= 0.6 is 43.6 Å². The van der Waals surface area contributed by atoms with Crippen molar-refractivity contribution < 1.29 is 9.21 Å². The number of amidine groups is 1. The minimum atomic E-state index is -0.181. The average Bonchev–Trinajstić information content (AvgIpc) is 2.96. The highest BCUT2D eigenvalue weighted by atomic mass is 79.9. The molecule has 0 unspecified atom stereocenters. The summed E-state index contributed by atoms with van der Waals surface area (Å²) in [6.07, 6.45) is 1.69. The Kier molecular flexibility index (Phi) is 4.56. The lowest BCUT2D eigenvalue weighted by Gasteiger charge is -1.96. The van der Waals surface area contributed by atoms with Crippen molar-refractivity contribution >= 4 is 66.5 Å². The summed E-state index contributed by atoms with van der Waals surface area (Å²) in [6.45, 7) is 2.02. The van der Waals surface area contributed by atoms with Gasteiger partial charge in [0.1, 0.15) is 5.76 Å². The quantitative estimate of drug-likeness (QED) is 0.666. The van der Waals surface area contributed by atoms with E-state index in [1.807, 2.05) is 31.2 Å².